The van der Waals surface area contributed by atoms with Crippen molar-refractivity contribution in [2.75, 3.05) is 0 Å². The molecule has 15 heavy (non-hydrogen) atoms. The second kappa shape index (κ2) is 3.45. The highest BCUT2D eigenvalue weighted by atomic mass is 35.5. The third-order valence-electron chi connectivity index (χ3n) is 2.98. The van der Waals surface area contributed by atoms with Gasteiger partial charge in [-0.15, -0.1) is 0 Å². The van der Waals surface area contributed by atoms with Crippen molar-refractivity contribution in [3.8, 4) is 0 Å². The first kappa shape index (κ1) is 9.09. The summed E-state index contributed by atoms with van der Waals surface area (Å²) >= 11 is 5.79. The number of halogens is 1. The molecule has 1 aliphatic carbocycles. The van der Waals surface area contributed by atoms with Crippen molar-refractivity contribution in [2.45, 2.75) is 31.7 Å². The van der Waals surface area contributed by atoms with Crippen LogP contribution in [0.3, 0.4) is 0 Å². The molecule has 1 saturated carbocycles. The van der Waals surface area contributed by atoms with Gasteiger partial charge in [-0.3, -0.25) is 0 Å². The Labute approximate surface area is 92.3 Å². The van der Waals surface area contributed by atoms with Crippen molar-refractivity contribution >= 4 is 22.6 Å². The lowest BCUT2D eigenvalue weighted by atomic mass is 10.2. The molecule has 5 heteroatoms. The van der Waals surface area contributed by atoms with Gasteiger partial charge in [0.25, 0.3) is 0 Å². The van der Waals surface area contributed by atoms with E-state index in [1.54, 1.807) is 6.20 Å². The molecular formula is C10H11ClN4. The number of nitrogens with zero attached hydrogens (tertiary/aromatic N) is 4. The van der Waals surface area contributed by atoms with Gasteiger partial charge in [-0.25, -0.2) is 9.67 Å². The fraction of sp³-hybridized carbons (Fsp3) is 0.500. The molecule has 4 nitrogen and oxygen atoms in total. The number of hydrogen-bond donors (Lipinski definition) is 0. The Bertz CT molecular complexity index is 487. The Kier molecular flexibility index (Phi) is 2.09. The minimum atomic E-state index is 0.294. The fourth-order valence-electron chi connectivity index (χ4n) is 2.23. The molecule has 0 aromatic carbocycles. The average Bonchev–Trinajstić information content (AvgIpc) is 2.83. The highest BCUT2D eigenvalue weighted by Gasteiger charge is 2.20. The van der Waals surface area contributed by atoms with Gasteiger partial charge in [0.15, 0.2) is 5.65 Å². The Balaban J connectivity index is 2.13. The van der Waals surface area contributed by atoms with Crippen LogP contribution in [-0.2, 0) is 0 Å². The van der Waals surface area contributed by atoms with E-state index in [0.29, 0.717) is 11.3 Å². The highest BCUT2D eigenvalue weighted by Crippen LogP contribution is 2.30. The second-order valence-electron chi connectivity index (χ2n) is 3.95. The number of aromatic nitrogens is 4. The summed E-state index contributed by atoms with van der Waals surface area (Å²) in [5.74, 6) is 0. The Hall–Kier alpha value is -1.16. The van der Waals surface area contributed by atoms with E-state index in [2.05, 4.69) is 15.1 Å². The molecule has 0 unspecified atom stereocenters. The minimum Gasteiger partial charge on any atom is -0.244 e. The van der Waals surface area contributed by atoms with E-state index < -0.39 is 0 Å². The van der Waals surface area contributed by atoms with Crippen molar-refractivity contribution < 1.29 is 0 Å². The van der Waals surface area contributed by atoms with Crippen molar-refractivity contribution in [3.63, 3.8) is 0 Å². The van der Waals surface area contributed by atoms with E-state index in [-0.39, 0.29) is 0 Å². The summed E-state index contributed by atoms with van der Waals surface area (Å²) in [7, 11) is 0. The zero-order valence-corrected chi connectivity index (χ0v) is 8.98. The molecule has 0 saturated heterocycles. The van der Waals surface area contributed by atoms with Gasteiger partial charge in [0.2, 0.25) is 5.28 Å². The number of hydrogen-bond acceptors (Lipinski definition) is 3. The first-order chi connectivity index (χ1) is 7.34. The first-order valence-corrected chi connectivity index (χ1v) is 5.58. The zero-order chi connectivity index (χ0) is 10.3. The molecule has 0 amide bonds. The van der Waals surface area contributed by atoms with Crippen LogP contribution in [0.1, 0.15) is 31.7 Å². The van der Waals surface area contributed by atoms with Gasteiger partial charge >= 0.3 is 0 Å². The minimum absolute atomic E-state index is 0.294. The summed E-state index contributed by atoms with van der Waals surface area (Å²) in [5.41, 5.74) is 0.863. The van der Waals surface area contributed by atoms with Crippen LogP contribution in [0.25, 0.3) is 11.0 Å². The quantitative estimate of drug-likeness (QED) is 0.697. The smallest absolute Gasteiger partial charge is 0.224 e. The Morgan fingerprint density at radius 3 is 2.87 bits per heavy atom. The first-order valence-electron chi connectivity index (χ1n) is 5.20. The molecule has 0 radical (unpaired) electrons. The fourth-order valence-corrected chi connectivity index (χ4v) is 2.36. The van der Waals surface area contributed by atoms with E-state index in [0.717, 1.165) is 11.0 Å². The van der Waals surface area contributed by atoms with Crippen LogP contribution in [0.15, 0.2) is 12.4 Å². The van der Waals surface area contributed by atoms with Gasteiger partial charge in [0.1, 0.15) is 0 Å². The van der Waals surface area contributed by atoms with E-state index in [1.165, 1.54) is 25.7 Å². The van der Waals surface area contributed by atoms with E-state index in [1.807, 2.05) is 10.9 Å². The predicted molar refractivity (Wildman–Crippen MR) is 57.8 cm³/mol. The summed E-state index contributed by atoms with van der Waals surface area (Å²) in [6.07, 6.45) is 8.49. The standard InChI is InChI=1S/C10H11ClN4/c11-10-12-5-7-6-13-15(9(7)14-10)8-3-1-2-4-8/h5-6,8H,1-4H2. The summed E-state index contributed by atoms with van der Waals surface area (Å²) in [6, 6.07) is 0.494. The van der Waals surface area contributed by atoms with E-state index >= 15 is 0 Å². The largest absolute Gasteiger partial charge is 0.244 e. The molecule has 0 atom stereocenters. The maximum absolute atomic E-state index is 5.79. The van der Waals surface area contributed by atoms with Crippen molar-refractivity contribution in [1.29, 1.82) is 0 Å². The molecule has 0 spiro atoms. The van der Waals surface area contributed by atoms with Crippen molar-refractivity contribution in [2.24, 2.45) is 0 Å². The molecule has 1 fully saturated rings. The second-order valence-corrected chi connectivity index (χ2v) is 4.28. The summed E-state index contributed by atoms with van der Waals surface area (Å²) in [5, 5.41) is 5.63. The lowest BCUT2D eigenvalue weighted by Crippen LogP contribution is -2.07. The van der Waals surface area contributed by atoms with Gasteiger partial charge < -0.3 is 0 Å². The van der Waals surface area contributed by atoms with Gasteiger partial charge in [-0.05, 0) is 24.4 Å². The normalized spacial score (nSPS) is 17.7. The van der Waals surface area contributed by atoms with Crippen LogP contribution in [0.5, 0.6) is 0 Å². The van der Waals surface area contributed by atoms with E-state index in [9.17, 15) is 0 Å². The Morgan fingerprint density at radius 1 is 1.27 bits per heavy atom. The van der Waals surface area contributed by atoms with E-state index in [4.69, 9.17) is 11.6 Å². The number of rotatable bonds is 1. The third kappa shape index (κ3) is 1.49. The van der Waals surface area contributed by atoms with Crippen LogP contribution >= 0.6 is 11.6 Å². The molecule has 0 bridgehead atoms. The summed E-state index contributed by atoms with van der Waals surface area (Å²) in [6.45, 7) is 0. The Morgan fingerprint density at radius 2 is 2.07 bits per heavy atom. The highest BCUT2D eigenvalue weighted by molar-refractivity contribution is 6.28. The van der Waals surface area contributed by atoms with Crippen LogP contribution < -0.4 is 0 Å². The van der Waals surface area contributed by atoms with Crippen LogP contribution in [-0.4, -0.2) is 19.7 Å². The molecule has 2 aromatic rings. The molecule has 0 aliphatic heterocycles. The summed E-state index contributed by atoms with van der Waals surface area (Å²) < 4.78 is 2.00. The third-order valence-corrected chi connectivity index (χ3v) is 3.16. The van der Waals surface area contributed by atoms with Gasteiger partial charge in [-0.2, -0.15) is 10.1 Å². The lowest BCUT2D eigenvalue weighted by molar-refractivity contribution is 0.478. The van der Waals surface area contributed by atoms with Gasteiger partial charge in [-0.1, -0.05) is 12.8 Å². The van der Waals surface area contributed by atoms with Crippen molar-refractivity contribution in [1.82, 2.24) is 19.7 Å². The van der Waals surface area contributed by atoms with Crippen LogP contribution in [0.4, 0.5) is 0 Å². The van der Waals surface area contributed by atoms with Crippen LogP contribution in [0, 0.1) is 0 Å². The van der Waals surface area contributed by atoms with Crippen molar-refractivity contribution in [3.05, 3.63) is 17.7 Å². The topological polar surface area (TPSA) is 43.6 Å². The summed E-state index contributed by atoms with van der Waals surface area (Å²) in [4.78, 5) is 8.18. The predicted octanol–water partition coefficient (Wildman–Crippen LogP) is 2.59. The van der Waals surface area contributed by atoms with Crippen LogP contribution in [0.2, 0.25) is 5.28 Å². The SMILES string of the molecule is Clc1ncc2cnn(C3CCCC3)c2n1. The average molecular weight is 223 g/mol. The molecule has 1 aliphatic rings. The van der Waals surface area contributed by atoms with Gasteiger partial charge in [0, 0.05) is 6.20 Å². The van der Waals surface area contributed by atoms with Gasteiger partial charge in [0.05, 0.1) is 17.6 Å². The zero-order valence-electron chi connectivity index (χ0n) is 8.23. The molecule has 0 N–H and O–H groups in total. The molecule has 2 aromatic heterocycles. The lowest BCUT2D eigenvalue weighted by Gasteiger charge is -2.09. The molecular weight excluding hydrogens is 212 g/mol. The molecule has 78 valence electrons. The molecule has 3 rings (SSSR count). The molecule has 2 heterocycles. The maximum atomic E-state index is 5.79. The number of fused-ring (bicyclic) bond motifs is 1. The maximum Gasteiger partial charge on any atom is 0.224 e. The monoisotopic (exact) mass is 222 g/mol.